The SMILES string of the molecule is C[C@@]1(O)CCC[C@H]1n1c(=O)c(OC(F)F)cc2cnc(NC3CCN(S(=O)(=O)c4c(F)cc(F)cc4F)CC3)nc21. The van der Waals surface area contributed by atoms with Crippen molar-refractivity contribution in [3.63, 3.8) is 0 Å². The third-order valence-electron chi connectivity index (χ3n) is 7.49. The number of aromatic nitrogens is 3. The lowest BCUT2D eigenvalue weighted by Gasteiger charge is -2.32. The van der Waals surface area contributed by atoms with E-state index in [1.165, 1.54) is 6.20 Å². The number of nitrogens with one attached hydrogen (secondary N) is 1. The van der Waals surface area contributed by atoms with E-state index in [0.717, 1.165) is 14.9 Å². The second-order valence-corrected chi connectivity index (χ2v) is 12.2. The van der Waals surface area contributed by atoms with Gasteiger partial charge < -0.3 is 15.2 Å². The van der Waals surface area contributed by atoms with Crippen LogP contribution in [0.25, 0.3) is 11.0 Å². The van der Waals surface area contributed by atoms with Gasteiger partial charge in [0.15, 0.2) is 10.6 Å². The van der Waals surface area contributed by atoms with Gasteiger partial charge in [0.25, 0.3) is 5.56 Å². The standard InChI is InChI=1S/C25H26F5N5O5S/c1-25(37)6-2-3-19(25)35-21-13(9-18(22(35)36)40-23(29)30)12-31-24(33-21)32-15-4-7-34(8-5-15)41(38,39)20-16(27)10-14(26)11-17(20)28/h9-12,15,19,23,37H,2-8H2,1H3,(H,31,32,33)/t19-,25-/m1/s1. The number of piperidine rings is 1. The number of rotatable bonds is 7. The number of hydrogen-bond donors (Lipinski definition) is 2. The molecule has 2 fully saturated rings. The molecule has 222 valence electrons. The van der Waals surface area contributed by atoms with Crippen LogP contribution in [0.15, 0.2) is 34.1 Å². The summed E-state index contributed by atoms with van der Waals surface area (Å²) in [7, 11) is -4.58. The summed E-state index contributed by atoms with van der Waals surface area (Å²) in [5, 5.41) is 14.2. The Kier molecular flexibility index (Phi) is 7.67. The molecule has 2 aromatic heterocycles. The minimum absolute atomic E-state index is 0.0581. The van der Waals surface area contributed by atoms with Gasteiger partial charge in [-0.2, -0.15) is 18.1 Å². The summed E-state index contributed by atoms with van der Waals surface area (Å²) in [6.07, 6.45) is 3.06. The van der Waals surface area contributed by atoms with Crippen LogP contribution in [0.3, 0.4) is 0 Å². The van der Waals surface area contributed by atoms with Crippen molar-refractivity contribution in [2.24, 2.45) is 0 Å². The third kappa shape index (κ3) is 5.59. The fraction of sp³-hybridized carbons (Fsp3) is 0.480. The zero-order valence-corrected chi connectivity index (χ0v) is 22.5. The Morgan fingerprint density at radius 3 is 2.37 bits per heavy atom. The first-order valence-corrected chi connectivity index (χ1v) is 14.2. The average molecular weight is 604 g/mol. The number of alkyl halides is 2. The van der Waals surface area contributed by atoms with Crippen LogP contribution in [0.4, 0.5) is 27.9 Å². The second kappa shape index (κ2) is 10.8. The highest BCUT2D eigenvalue weighted by atomic mass is 32.2. The molecule has 0 unspecified atom stereocenters. The number of benzene rings is 1. The lowest BCUT2D eigenvalue weighted by molar-refractivity contribution is -0.0513. The Bertz CT molecular complexity index is 1620. The first-order valence-electron chi connectivity index (χ1n) is 12.8. The van der Waals surface area contributed by atoms with E-state index in [-0.39, 0.29) is 49.0 Å². The van der Waals surface area contributed by atoms with Gasteiger partial charge in [-0.25, -0.2) is 26.6 Å². The van der Waals surface area contributed by atoms with Crippen molar-refractivity contribution in [3.8, 4) is 5.75 Å². The maximum atomic E-state index is 14.2. The zero-order valence-electron chi connectivity index (χ0n) is 21.7. The van der Waals surface area contributed by atoms with Crippen LogP contribution in [-0.4, -0.2) is 63.7 Å². The van der Waals surface area contributed by atoms with E-state index in [1.54, 1.807) is 6.92 Å². The summed E-state index contributed by atoms with van der Waals surface area (Å²) < 4.78 is 99.8. The normalized spacial score (nSPS) is 22.5. The van der Waals surface area contributed by atoms with Crippen LogP contribution in [0.1, 0.15) is 45.1 Å². The summed E-state index contributed by atoms with van der Waals surface area (Å²) in [6.45, 7) is -1.93. The Labute approximate surface area is 230 Å². The molecule has 2 atom stereocenters. The molecule has 16 heteroatoms. The second-order valence-electron chi connectivity index (χ2n) is 10.3. The Morgan fingerprint density at radius 2 is 1.78 bits per heavy atom. The number of fused-ring (bicyclic) bond motifs is 1. The lowest BCUT2D eigenvalue weighted by Crippen LogP contribution is -2.43. The molecule has 3 heterocycles. The highest BCUT2D eigenvalue weighted by Crippen LogP contribution is 2.40. The number of nitrogens with zero attached hydrogens (tertiary/aromatic N) is 4. The van der Waals surface area contributed by atoms with E-state index in [9.17, 15) is 40.3 Å². The number of aliphatic hydroxyl groups is 1. The van der Waals surface area contributed by atoms with Gasteiger partial charge in [-0.1, -0.05) is 0 Å². The van der Waals surface area contributed by atoms with Gasteiger partial charge in [-0.05, 0) is 45.1 Å². The van der Waals surface area contributed by atoms with Crippen molar-refractivity contribution in [1.82, 2.24) is 18.8 Å². The molecule has 0 bridgehead atoms. The molecule has 1 aliphatic carbocycles. The number of pyridine rings is 1. The maximum Gasteiger partial charge on any atom is 0.387 e. The van der Waals surface area contributed by atoms with Crippen LogP contribution in [0, 0.1) is 17.5 Å². The quantitative estimate of drug-likeness (QED) is 0.393. The van der Waals surface area contributed by atoms with Crippen molar-refractivity contribution in [1.29, 1.82) is 0 Å². The van der Waals surface area contributed by atoms with Crippen LogP contribution >= 0.6 is 0 Å². The van der Waals surface area contributed by atoms with E-state index in [1.807, 2.05) is 0 Å². The fourth-order valence-electron chi connectivity index (χ4n) is 5.50. The van der Waals surface area contributed by atoms with E-state index in [2.05, 4.69) is 20.0 Å². The molecule has 0 spiro atoms. The van der Waals surface area contributed by atoms with Gasteiger partial charge in [0.2, 0.25) is 16.0 Å². The Hall–Kier alpha value is -3.37. The first kappa shape index (κ1) is 29.1. The van der Waals surface area contributed by atoms with E-state index < -0.39 is 61.9 Å². The summed E-state index contributed by atoms with van der Waals surface area (Å²) in [6, 6.07) is 0.563. The van der Waals surface area contributed by atoms with Crippen molar-refractivity contribution in [2.45, 2.75) is 68.2 Å². The van der Waals surface area contributed by atoms with Crippen molar-refractivity contribution >= 4 is 27.0 Å². The van der Waals surface area contributed by atoms with E-state index in [4.69, 9.17) is 0 Å². The van der Waals surface area contributed by atoms with Crippen LogP contribution < -0.4 is 15.6 Å². The van der Waals surface area contributed by atoms with Gasteiger partial charge in [-0.3, -0.25) is 9.36 Å². The molecule has 2 N–H and O–H groups in total. The summed E-state index contributed by atoms with van der Waals surface area (Å²) in [5.74, 6) is -4.84. The minimum Gasteiger partial charge on any atom is -0.429 e. The Morgan fingerprint density at radius 1 is 1.12 bits per heavy atom. The average Bonchev–Trinajstić information content (AvgIpc) is 3.22. The highest BCUT2D eigenvalue weighted by Gasteiger charge is 2.40. The molecular formula is C25H26F5N5O5S. The Balaban J connectivity index is 1.39. The maximum absolute atomic E-state index is 14.2. The van der Waals surface area contributed by atoms with Crippen molar-refractivity contribution in [2.75, 3.05) is 18.4 Å². The van der Waals surface area contributed by atoms with Crippen LogP contribution in [-0.2, 0) is 10.0 Å². The molecular weight excluding hydrogens is 577 g/mol. The smallest absolute Gasteiger partial charge is 0.387 e. The predicted octanol–water partition coefficient (Wildman–Crippen LogP) is 3.55. The summed E-state index contributed by atoms with van der Waals surface area (Å²) in [5.41, 5.74) is -2.10. The summed E-state index contributed by atoms with van der Waals surface area (Å²) in [4.78, 5) is 20.6. The van der Waals surface area contributed by atoms with Gasteiger partial charge in [-0.15, -0.1) is 0 Å². The monoisotopic (exact) mass is 603 g/mol. The highest BCUT2D eigenvalue weighted by molar-refractivity contribution is 7.89. The molecule has 1 aliphatic heterocycles. The minimum atomic E-state index is -4.58. The van der Waals surface area contributed by atoms with Gasteiger partial charge in [0.05, 0.1) is 11.6 Å². The third-order valence-corrected chi connectivity index (χ3v) is 9.45. The number of anilines is 1. The molecule has 1 aromatic carbocycles. The lowest BCUT2D eigenvalue weighted by atomic mass is 10.00. The van der Waals surface area contributed by atoms with Gasteiger partial charge in [0, 0.05) is 42.8 Å². The molecule has 2 aliphatic rings. The first-order chi connectivity index (χ1) is 19.3. The zero-order chi connectivity index (χ0) is 29.7. The van der Waals surface area contributed by atoms with Crippen LogP contribution in [0.2, 0.25) is 0 Å². The molecule has 10 nitrogen and oxygen atoms in total. The molecule has 1 saturated heterocycles. The molecule has 41 heavy (non-hydrogen) atoms. The van der Waals surface area contributed by atoms with Gasteiger partial charge >= 0.3 is 6.61 Å². The van der Waals surface area contributed by atoms with Crippen molar-refractivity contribution < 1.29 is 40.2 Å². The summed E-state index contributed by atoms with van der Waals surface area (Å²) >= 11 is 0. The molecule has 1 saturated carbocycles. The number of halogens is 5. The van der Waals surface area contributed by atoms with Crippen molar-refractivity contribution in [3.05, 3.63) is 52.2 Å². The topological polar surface area (TPSA) is 127 Å². The number of sulfonamides is 1. The number of hydrogen-bond acceptors (Lipinski definition) is 8. The van der Waals surface area contributed by atoms with E-state index >= 15 is 0 Å². The van der Waals surface area contributed by atoms with E-state index in [0.29, 0.717) is 31.4 Å². The largest absolute Gasteiger partial charge is 0.429 e. The molecule has 5 rings (SSSR count). The fourth-order valence-corrected chi connectivity index (χ4v) is 7.06. The van der Waals surface area contributed by atoms with Crippen LogP contribution in [0.5, 0.6) is 5.75 Å². The molecule has 0 radical (unpaired) electrons. The number of ether oxygens (including phenoxy) is 1. The van der Waals surface area contributed by atoms with Gasteiger partial charge in [0.1, 0.15) is 23.1 Å². The molecule has 3 aromatic rings. The molecule has 0 amide bonds. The predicted molar refractivity (Wildman–Crippen MR) is 136 cm³/mol.